The number of hydrogen-bond donors (Lipinski definition) is 0. The highest BCUT2D eigenvalue weighted by Crippen LogP contribution is 2.24. The van der Waals surface area contributed by atoms with Gasteiger partial charge in [-0.2, -0.15) is 0 Å². The van der Waals surface area contributed by atoms with E-state index in [0.717, 1.165) is 52.4 Å². The average molecular weight is 319 g/mol. The maximum absolute atomic E-state index is 5.82. The third-order valence-electron chi connectivity index (χ3n) is 4.79. The zero-order valence-corrected chi connectivity index (χ0v) is 14.5. The van der Waals surface area contributed by atoms with E-state index in [4.69, 9.17) is 9.47 Å². The van der Waals surface area contributed by atoms with Crippen molar-refractivity contribution in [2.75, 3.05) is 53.6 Å². The lowest BCUT2D eigenvalue weighted by molar-refractivity contribution is 0.104. The molecule has 0 aromatic carbocycles. The minimum atomic E-state index is 0.681. The van der Waals surface area contributed by atoms with Crippen molar-refractivity contribution in [3.8, 4) is 0 Å². The van der Waals surface area contributed by atoms with Gasteiger partial charge < -0.3 is 14.4 Å². The molecule has 1 saturated heterocycles. The molecule has 5 nitrogen and oxygen atoms in total. The monoisotopic (exact) mass is 319 g/mol. The molecule has 0 bridgehead atoms. The van der Waals surface area contributed by atoms with Gasteiger partial charge in [0.25, 0.3) is 0 Å². The second-order valence-electron chi connectivity index (χ2n) is 7.01. The fourth-order valence-corrected chi connectivity index (χ4v) is 3.43. The van der Waals surface area contributed by atoms with E-state index in [-0.39, 0.29) is 0 Å². The lowest BCUT2D eigenvalue weighted by Gasteiger charge is -2.31. The van der Waals surface area contributed by atoms with Gasteiger partial charge in [-0.1, -0.05) is 0 Å². The van der Waals surface area contributed by atoms with Gasteiger partial charge in [0.15, 0.2) is 0 Å². The Balaban J connectivity index is 1.55. The summed E-state index contributed by atoms with van der Waals surface area (Å²) in [5.41, 5.74) is 4.11. The van der Waals surface area contributed by atoms with Crippen molar-refractivity contribution < 1.29 is 9.47 Å². The van der Waals surface area contributed by atoms with Gasteiger partial charge in [-0.15, -0.1) is 0 Å². The summed E-state index contributed by atoms with van der Waals surface area (Å²) in [5.74, 6) is 0.710. The molecule has 2 aliphatic rings. The predicted molar refractivity (Wildman–Crippen MR) is 90.4 cm³/mol. The summed E-state index contributed by atoms with van der Waals surface area (Å²) in [6.45, 7) is 7.59. The molecule has 1 fully saturated rings. The minimum absolute atomic E-state index is 0.681. The van der Waals surface area contributed by atoms with Crippen molar-refractivity contribution in [3.63, 3.8) is 0 Å². The zero-order valence-electron chi connectivity index (χ0n) is 14.5. The number of nitrogens with zero attached hydrogens (tertiary/aromatic N) is 3. The molecule has 2 aliphatic heterocycles. The van der Waals surface area contributed by atoms with Crippen LogP contribution in [-0.4, -0.2) is 68.3 Å². The van der Waals surface area contributed by atoms with E-state index in [1.54, 1.807) is 0 Å². The Morgan fingerprint density at radius 3 is 3.09 bits per heavy atom. The van der Waals surface area contributed by atoms with Crippen molar-refractivity contribution >= 4 is 0 Å². The number of pyridine rings is 1. The molecule has 1 atom stereocenters. The Bertz CT molecular complexity index is 501. The topological polar surface area (TPSA) is 37.8 Å². The minimum Gasteiger partial charge on any atom is -0.381 e. The molecule has 0 unspecified atom stereocenters. The molecule has 0 spiro atoms. The number of aromatic nitrogens is 1. The van der Waals surface area contributed by atoms with Crippen LogP contribution in [-0.2, 0) is 29.0 Å². The quantitative estimate of drug-likeness (QED) is 0.713. The molecule has 1 aromatic heterocycles. The van der Waals surface area contributed by atoms with Crippen LogP contribution >= 0.6 is 0 Å². The fraction of sp³-hybridized carbons (Fsp3) is 0.722. The Hall–Kier alpha value is -1.01. The molecule has 0 radical (unpaired) electrons. The summed E-state index contributed by atoms with van der Waals surface area (Å²) < 4.78 is 11.3. The standard InChI is InChI=1S/C18H29N3O2/c1-20(2)6-8-23-14-17-10-19-9-16-12-21(5-3-18(16)17)11-15-4-7-22-13-15/h9-10,15H,3-8,11-14H2,1-2H3/t15-/m0/s1. The van der Waals surface area contributed by atoms with Crippen LogP contribution in [0.2, 0.25) is 0 Å². The summed E-state index contributed by atoms with van der Waals surface area (Å²) in [5, 5.41) is 0. The largest absolute Gasteiger partial charge is 0.381 e. The Kier molecular flexibility index (Phi) is 6.00. The molecule has 5 heteroatoms. The zero-order chi connectivity index (χ0) is 16.1. The molecule has 3 rings (SSSR count). The van der Waals surface area contributed by atoms with Crippen LogP contribution in [0.4, 0.5) is 0 Å². The second-order valence-corrected chi connectivity index (χ2v) is 7.01. The second kappa shape index (κ2) is 8.20. The molecular weight excluding hydrogens is 290 g/mol. The van der Waals surface area contributed by atoms with Gasteiger partial charge in [-0.3, -0.25) is 9.88 Å². The molecule has 0 aliphatic carbocycles. The van der Waals surface area contributed by atoms with Gasteiger partial charge in [-0.05, 0) is 49.5 Å². The molecule has 128 valence electrons. The van der Waals surface area contributed by atoms with E-state index >= 15 is 0 Å². The van der Waals surface area contributed by atoms with Gasteiger partial charge in [-0.25, -0.2) is 0 Å². The van der Waals surface area contributed by atoms with Crippen molar-refractivity contribution in [2.45, 2.75) is 26.0 Å². The van der Waals surface area contributed by atoms with Gasteiger partial charge >= 0.3 is 0 Å². The first-order valence-corrected chi connectivity index (χ1v) is 8.69. The van der Waals surface area contributed by atoms with E-state index in [2.05, 4.69) is 28.9 Å². The lowest BCUT2D eigenvalue weighted by Crippen LogP contribution is -2.35. The van der Waals surface area contributed by atoms with Crippen LogP contribution in [0.25, 0.3) is 0 Å². The molecule has 0 saturated carbocycles. The summed E-state index contributed by atoms with van der Waals surface area (Å²) in [6.07, 6.45) is 6.34. The predicted octanol–water partition coefficient (Wildman–Crippen LogP) is 1.55. The van der Waals surface area contributed by atoms with Gasteiger partial charge in [0.05, 0.1) is 19.8 Å². The highest BCUT2D eigenvalue weighted by molar-refractivity contribution is 5.33. The van der Waals surface area contributed by atoms with Crippen molar-refractivity contribution in [3.05, 3.63) is 29.1 Å². The van der Waals surface area contributed by atoms with E-state index < -0.39 is 0 Å². The number of hydrogen-bond acceptors (Lipinski definition) is 5. The number of ether oxygens (including phenoxy) is 2. The maximum atomic E-state index is 5.82. The van der Waals surface area contributed by atoms with Crippen molar-refractivity contribution in [1.82, 2.24) is 14.8 Å². The lowest BCUT2D eigenvalue weighted by atomic mass is 9.96. The highest BCUT2D eigenvalue weighted by Gasteiger charge is 2.23. The molecule has 3 heterocycles. The molecule has 1 aromatic rings. The first-order valence-electron chi connectivity index (χ1n) is 8.69. The van der Waals surface area contributed by atoms with Gasteiger partial charge in [0.2, 0.25) is 0 Å². The van der Waals surface area contributed by atoms with Crippen LogP contribution < -0.4 is 0 Å². The summed E-state index contributed by atoms with van der Waals surface area (Å²) in [4.78, 5) is 9.13. The van der Waals surface area contributed by atoms with E-state index in [1.807, 2.05) is 12.4 Å². The van der Waals surface area contributed by atoms with Crippen LogP contribution in [0.1, 0.15) is 23.1 Å². The third kappa shape index (κ3) is 4.73. The smallest absolute Gasteiger partial charge is 0.0735 e. The Morgan fingerprint density at radius 2 is 2.30 bits per heavy atom. The molecule has 23 heavy (non-hydrogen) atoms. The fourth-order valence-electron chi connectivity index (χ4n) is 3.43. The Morgan fingerprint density at radius 1 is 1.39 bits per heavy atom. The highest BCUT2D eigenvalue weighted by atomic mass is 16.5. The Labute approximate surface area is 139 Å². The summed E-state index contributed by atoms with van der Waals surface area (Å²) in [6, 6.07) is 0. The number of fused-ring (bicyclic) bond motifs is 1. The molecule has 0 N–H and O–H groups in total. The third-order valence-corrected chi connectivity index (χ3v) is 4.79. The van der Waals surface area contributed by atoms with E-state index in [0.29, 0.717) is 12.5 Å². The van der Waals surface area contributed by atoms with E-state index in [9.17, 15) is 0 Å². The van der Waals surface area contributed by atoms with Crippen LogP contribution in [0.5, 0.6) is 0 Å². The van der Waals surface area contributed by atoms with Gasteiger partial charge in [0.1, 0.15) is 0 Å². The van der Waals surface area contributed by atoms with E-state index in [1.165, 1.54) is 23.1 Å². The maximum Gasteiger partial charge on any atom is 0.0735 e. The number of rotatable bonds is 7. The first kappa shape index (κ1) is 16.8. The van der Waals surface area contributed by atoms with Crippen molar-refractivity contribution in [2.24, 2.45) is 5.92 Å². The number of likely N-dealkylation sites (N-methyl/N-ethyl adjacent to an activating group) is 1. The summed E-state index contributed by atoms with van der Waals surface area (Å²) in [7, 11) is 4.14. The summed E-state index contributed by atoms with van der Waals surface area (Å²) >= 11 is 0. The van der Waals surface area contributed by atoms with Crippen LogP contribution in [0.3, 0.4) is 0 Å². The normalized spacial score (nSPS) is 21.8. The average Bonchev–Trinajstić information content (AvgIpc) is 3.04. The van der Waals surface area contributed by atoms with Crippen LogP contribution in [0, 0.1) is 5.92 Å². The first-order chi connectivity index (χ1) is 11.2. The van der Waals surface area contributed by atoms with Crippen LogP contribution in [0.15, 0.2) is 12.4 Å². The van der Waals surface area contributed by atoms with Crippen molar-refractivity contribution in [1.29, 1.82) is 0 Å². The van der Waals surface area contributed by atoms with Gasteiger partial charge in [0, 0.05) is 45.2 Å². The molecule has 0 amide bonds. The SMILES string of the molecule is CN(C)CCOCc1cncc2c1CCN(C[C@@H]1CCOC1)C2. The molecular formula is C18H29N3O2.